The van der Waals surface area contributed by atoms with Crippen LogP contribution < -0.4 is 20.8 Å². The molecule has 234 valence electrons. The van der Waals surface area contributed by atoms with Crippen molar-refractivity contribution in [2.45, 2.75) is 45.7 Å². The molecule has 2 aliphatic rings. The molecule has 11 heteroatoms. The number of carbonyl (C=O) groups excluding carboxylic acids is 1. The molecule has 4 heterocycles. The quantitative estimate of drug-likeness (QED) is 0.313. The highest BCUT2D eigenvalue weighted by molar-refractivity contribution is 5.93. The van der Waals surface area contributed by atoms with Crippen molar-refractivity contribution in [3.63, 3.8) is 0 Å². The molecule has 0 saturated carbocycles. The molecule has 0 unspecified atom stereocenters. The number of benzene rings is 2. The first-order valence-corrected chi connectivity index (χ1v) is 15.2. The summed E-state index contributed by atoms with van der Waals surface area (Å²) >= 11 is 0. The van der Waals surface area contributed by atoms with Gasteiger partial charge in [-0.05, 0) is 55.7 Å². The van der Waals surface area contributed by atoms with Crippen molar-refractivity contribution in [2.24, 2.45) is 0 Å². The maximum Gasteiger partial charge on any atom is 0.355 e. The minimum atomic E-state index is -0.732. The molecule has 2 aromatic carbocycles. The molecular formula is C34H37F2N7O2. The third-order valence-electron chi connectivity index (χ3n) is 8.83. The van der Waals surface area contributed by atoms with E-state index >= 15 is 8.78 Å². The number of likely N-dealkylation sites (N-methyl/N-ethyl adjacent to an activating group) is 1. The van der Waals surface area contributed by atoms with Gasteiger partial charge in [0.15, 0.2) is 11.5 Å². The van der Waals surface area contributed by atoms with Crippen LogP contribution in [0.4, 0.5) is 26.0 Å². The van der Waals surface area contributed by atoms with Gasteiger partial charge in [-0.25, -0.2) is 23.1 Å². The van der Waals surface area contributed by atoms with E-state index in [-0.39, 0.29) is 46.6 Å². The lowest BCUT2D eigenvalue weighted by Crippen LogP contribution is -2.58. The molecule has 1 saturated heterocycles. The molecule has 9 nitrogen and oxygen atoms in total. The average molecular weight is 614 g/mol. The molecule has 1 amide bonds. The van der Waals surface area contributed by atoms with Gasteiger partial charge >= 0.3 is 5.69 Å². The van der Waals surface area contributed by atoms with Crippen LogP contribution in [-0.2, 0) is 4.79 Å². The van der Waals surface area contributed by atoms with Crippen LogP contribution in [0.15, 0.2) is 59.9 Å². The number of halogens is 2. The number of nitrogens with zero attached hydrogens (tertiary/aromatic N) is 6. The van der Waals surface area contributed by atoms with Gasteiger partial charge in [0.25, 0.3) is 0 Å². The second kappa shape index (κ2) is 11.6. The Bertz CT molecular complexity index is 1890. The number of hydrogen-bond donors (Lipinski definition) is 1. The minimum Gasteiger partial charge on any atom is -0.382 e. The number of anilines is 3. The van der Waals surface area contributed by atoms with Gasteiger partial charge in [0.1, 0.15) is 17.3 Å². The molecule has 0 spiro atoms. The Kier molecular flexibility index (Phi) is 7.80. The summed E-state index contributed by atoms with van der Waals surface area (Å²) in [6.45, 7) is 13.2. The van der Waals surface area contributed by atoms with Crippen LogP contribution in [0.3, 0.4) is 0 Å². The van der Waals surface area contributed by atoms with Gasteiger partial charge in [-0.3, -0.25) is 4.79 Å². The minimum absolute atomic E-state index is 0.0215. The molecule has 45 heavy (non-hydrogen) atoms. The number of para-hydroxylation sites is 1. The zero-order valence-electron chi connectivity index (χ0n) is 26.1. The number of aromatic nitrogens is 3. The highest BCUT2D eigenvalue weighted by Crippen LogP contribution is 2.39. The monoisotopic (exact) mass is 613 g/mol. The van der Waals surface area contributed by atoms with Crippen molar-refractivity contribution in [2.75, 3.05) is 48.3 Å². The molecule has 0 radical (unpaired) electrons. The lowest BCUT2D eigenvalue weighted by molar-refractivity contribution is -0.128. The number of carbonyl (C=O) groups is 1. The van der Waals surface area contributed by atoms with Crippen LogP contribution >= 0.6 is 0 Å². The number of nitrogens with one attached hydrogen (secondary N) is 1. The molecule has 2 bridgehead atoms. The fraction of sp³-hybridized carbons (Fsp3) is 0.353. The average Bonchev–Trinajstić information content (AvgIpc) is 3.00. The van der Waals surface area contributed by atoms with E-state index in [0.717, 1.165) is 5.56 Å². The molecule has 6 rings (SSSR count). The smallest absolute Gasteiger partial charge is 0.355 e. The number of piperazine rings is 1. The zero-order valence-corrected chi connectivity index (χ0v) is 26.1. The molecule has 1 N–H and O–H groups in total. The molecule has 4 aromatic rings. The second-order valence-electron chi connectivity index (χ2n) is 12.2. The summed E-state index contributed by atoms with van der Waals surface area (Å²) in [4.78, 5) is 41.7. The highest BCUT2D eigenvalue weighted by atomic mass is 19.1. The predicted molar refractivity (Wildman–Crippen MR) is 175 cm³/mol. The van der Waals surface area contributed by atoms with Gasteiger partial charge in [-0.15, -0.1) is 0 Å². The topological polar surface area (TPSA) is 86.6 Å². The van der Waals surface area contributed by atoms with Crippen LogP contribution in [0.2, 0.25) is 0 Å². The number of hydrogen-bond acceptors (Lipinski definition) is 7. The van der Waals surface area contributed by atoms with E-state index in [1.54, 1.807) is 17.0 Å². The Labute approximate surface area is 260 Å². The predicted octanol–water partition coefficient (Wildman–Crippen LogP) is 5.32. The van der Waals surface area contributed by atoms with E-state index < -0.39 is 17.3 Å². The van der Waals surface area contributed by atoms with E-state index in [0.29, 0.717) is 48.6 Å². The molecule has 1 fully saturated rings. The lowest BCUT2D eigenvalue weighted by atomic mass is 9.99. The summed E-state index contributed by atoms with van der Waals surface area (Å²) in [5.74, 6) is -1.24. The maximum atomic E-state index is 16.3. The molecular weight excluding hydrogens is 576 g/mol. The number of amides is 1. The number of pyridine rings is 1. The van der Waals surface area contributed by atoms with Crippen LogP contribution in [0.5, 0.6) is 0 Å². The van der Waals surface area contributed by atoms with Crippen LogP contribution in [0.25, 0.3) is 28.0 Å². The van der Waals surface area contributed by atoms with Crippen LogP contribution in [-0.4, -0.2) is 70.7 Å². The lowest BCUT2D eigenvalue weighted by Gasteiger charge is -2.44. The van der Waals surface area contributed by atoms with Gasteiger partial charge in [-0.1, -0.05) is 38.6 Å². The number of fused-ring (bicyclic) bond motifs is 5. The van der Waals surface area contributed by atoms with Crippen LogP contribution in [0, 0.1) is 11.6 Å². The van der Waals surface area contributed by atoms with Crippen molar-refractivity contribution in [3.05, 3.63) is 82.8 Å². The molecule has 0 aliphatic carbocycles. The first kappa shape index (κ1) is 30.2. The van der Waals surface area contributed by atoms with E-state index in [1.165, 1.54) is 22.8 Å². The second-order valence-corrected chi connectivity index (χ2v) is 12.2. The molecule has 2 atom stereocenters. The first-order chi connectivity index (χ1) is 21.5. The summed E-state index contributed by atoms with van der Waals surface area (Å²) in [7, 11) is 1.83. The summed E-state index contributed by atoms with van der Waals surface area (Å²) in [6, 6.07) is 11.2. The summed E-state index contributed by atoms with van der Waals surface area (Å²) < 4.78 is 33.4. The maximum absolute atomic E-state index is 16.3. The van der Waals surface area contributed by atoms with Gasteiger partial charge in [0.05, 0.1) is 22.3 Å². The first-order valence-electron chi connectivity index (χ1n) is 15.2. The SMILES string of the molecule is C=CC(=O)N1C[C@H](C)N(c2nc(=O)n3c4nc(c(F)cc24)-c2c(F)cccc2N(C)CCNc2cccc(C(C)C)c2-3)C[C@H]1C. The van der Waals surface area contributed by atoms with Crippen molar-refractivity contribution in [3.8, 4) is 16.9 Å². The summed E-state index contributed by atoms with van der Waals surface area (Å²) in [5.41, 5.74) is 2.05. The van der Waals surface area contributed by atoms with Gasteiger partial charge in [0.2, 0.25) is 5.91 Å². The third-order valence-corrected chi connectivity index (χ3v) is 8.83. The Morgan fingerprint density at radius 3 is 2.56 bits per heavy atom. The largest absolute Gasteiger partial charge is 0.382 e. The Balaban J connectivity index is 1.70. The number of rotatable bonds is 3. The van der Waals surface area contributed by atoms with E-state index in [2.05, 4.69) is 16.9 Å². The third kappa shape index (κ3) is 5.09. The molecule has 2 aromatic heterocycles. The van der Waals surface area contributed by atoms with E-state index in [1.807, 2.05) is 62.7 Å². The Morgan fingerprint density at radius 1 is 1.07 bits per heavy atom. The van der Waals surface area contributed by atoms with Gasteiger partial charge in [0, 0.05) is 51.0 Å². The zero-order chi connectivity index (χ0) is 32.2. The fourth-order valence-electron chi connectivity index (χ4n) is 6.51. The summed E-state index contributed by atoms with van der Waals surface area (Å²) in [6.07, 6.45) is 1.29. The Morgan fingerprint density at radius 2 is 1.82 bits per heavy atom. The van der Waals surface area contributed by atoms with Crippen molar-refractivity contribution in [1.82, 2.24) is 19.4 Å². The van der Waals surface area contributed by atoms with E-state index in [9.17, 15) is 9.59 Å². The highest BCUT2D eigenvalue weighted by Gasteiger charge is 2.34. The fourth-order valence-corrected chi connectivity index (χ4v) is 6.51. The van der Waals surface area contributed by atoms with Crippen LogP contribution in [0.1, 0.15) is 39.2 Å². The summed E-state index contributed by atoms with van der Waals surface area (Å²) in [5, 5.41) is 3.78. The Hall–Kier alpha value is -4.80. The molecule has 2 aliphatic heterocycles. The van der Waals surface area contributed by atoms with Gasteiger partial charge in [-0.2, -0.15) is 4.98 Å². The van der Waals surface area contributed by atoms with Gasteiger partial charge < -0.3 is 20.0 Å². The van der Waals surface area contributed by atoms with E-state index in [4.69, 9.17) is 4.98 Å². The van der Waals surface area contributed by atoms with Crippen molar-refractivity contribution >= 4 is 34.1 Å². The standard InChI is InChI=1S/C34H37F2N7O2/c1-7-28(44)41-17-21(5)42(18-20(41)4)32-23-16-25(36)30-29-24(35)11-9-13-27(29)40(6)15-14-37-26-12-8-10-22(19(2)3)31(26)43(33(23)38-30)34(45)39-32/h7-13,16,19-21,37H,1,14-15,17-18H2,2-6H3/t20-,21+/m1/s1. The normalized spacial score (nSPS) is 18.3. The van der Waals surface area contributed by atoms with Crippen molar-refractivity contribution < 1.29 is 13.6 Å². The van der Waals surface area contributed by atoms with Crippen molar-refractivity contribution in [1.29, 1.82) is 0 Å².